The molecule has 1 fully saturated rings. The van der Waals surface area contributed by atoms with E-state index in [2.05, 4.69) is 31.2 Å². The number of nitrogens with zero attached hydrogens (tertiary/aromatic N) is 1. The zero-order chi connectivity index (χ0) is 21.5. The van der Waals surface area contributed by atoms with Crippen LogP contribution < -0.4 is 0 Å². The molecular weight excluding hydrogens is 382 g/mol. The molecule has 1 aliphatic heterocycles. The van der Waals surface area contributed by atoms with Crippen LogP contribution in [0.2, 0.25) is 0 Å². The second-order valence-electron chi connectivity index (χ2n) is 8.21. The van der Waals surface area contributed by atoms with Crippen molar-refractivity contribution in [1.29, 1.82) is 0 Å². The molecule has 0 saturated carbocycles. The molecule has 4 N–H and O–H groups in total. The number of benzene rings is 2. The average Bonchev–Trinajstić information content (AvgIpc) is 3.14. The van der Waals surface area contributed by atoms with Crippen LogP contribution in [0.4, 0.5) is 0 Å². The van der Waals surface area contributed by atoms with Gasteiger partial charge in [0.2, 0.25) is 0 Å². The summed E-state index contributed by atoms with van der Waals surface area (Å²) in [4.78, 5) is 0. The number of rotatable bonds is 5. The summed E-state index contributed by atoms with van der Waals surface area (Å²) in [5, 5.41) is 42.0. The molecule has 6 nitrogen and oxygen atoms in total. The molecule has 0 spiro atoms. The molecule has 6 heteroatoms. The zero-order valence-electron chi connectivity index (χ0n) is 17.3. The van der Waals surface area contributed by atoms with Gasteiger partial charge < -0.3 is 29.7 Å². The maximum absolute atomic E-state index is 10.8. The Balaban J connectivity index is 1.78. The summed E-state index contributed by atoms with van der Waals surface area (Å²) in [5.74, 6) is 0. The van der Waals surface area contributed by atoms with E-state index in [9.17, 15) is 20.4 Å². The Kier molecular flexibility index (Phi) is 5.70. The molecule has 0 bridgehead atoms. The Morgan fingerprint density at radius 3 is 2.30 bits per heavy atom. The SMILES string of the molecule is CCc1ccc(Cc2cn([C@@]3(C)OC(CO)[C@@H](O)C(O)[C@H]3O)c3ccccc23)cc1. The molecule has 5 atom stereocenters. The van der Waals surface area contributed by atoms with Crippen molar-refractivity contribution in [3.8, 4) is 0 Å². The number of hydrogen-bond acceptors (Lipinski definition) is 5. The highest BCUT2D eigenvalue weighted by Gasteiger charge is 2.52. The van der Waals surface area contributed by atoms with Crippen molar-refractivity contribution in [2.75, 3.05) is 6.61 Å². The van der Waals surface area contributed by atoms with Crippen LogP contribution in [0.25, 0.3) is 10.9 Å². The van der Waals surface area contributed by atoms with Gasteiger partial charge in [-0.1, -0.05) is 49.4 Å². The van der Waals surface area contributed by atoms with Gasteiger partial charge in [-0.3, -0.25) is 0 Å². The van der Waals surface area contributed by atoms with Crippen LogP contribution in [0, 0.1) is 0 Å². The molecule has 0 aliphatic carbocycles. The molecule has 2 heterocycles. The van der Waals surface area contributed by atoms with Gasteiger partial charge in [0.05, 0.1) is 12.1 Å². The molecule has 2 aromatic carbocycles. The minimum Gasteiger partial charge on any atom is -0.394 e. The molecule has 3 aromatic rings. The van der Waals surface area contributed by atoms with E-state index in [1.807, 2.05) is 30.5 Å². The number of aryl methyl sites for hydroxylation is 1. The monoisotopic (exact) mass is 411 g/mol. The van der Waals surface area contributed by atoms with Crippen molar-refractivity contribution in [3.05, 3.63) is 71.4 Å². The first-order chi connectivity index (χ1) is 14.4. The molecule has 1 aliphatic rings. The predicted octanol–water partition coefficient (Wildman–Crippen LogP) is 1.94. The molecule has 1 saturated heterocycles. The second kappa shape index (κ2) is 8.13. The van der Waals surface area contributed by atoms with E-state index in [1.54, 1.807) is 11.5 Å². The summed E-state index contributed by atoms with van der Waals surface area (Å²) in [6.07, 6.45) is -1.54. The first-order valence-corrected chi connectivity index (χ1v) is 10.4. The zero-order valence-corrected chi connectivity index (χ0v) is 17.3. The van der Waals surface area contributed by atoms with Gasteiger partial charge in [-0.25, -0.2) is 0 Å². The topological polar surface area (TPSA) is 95.1 Å². The summed E-state index contributed by atoms with van der Waals surface area (Å²) in [7, 11) is 0. The molecule has 160 valence electrons. The lowest BCUT2D eigenvalue weighted by Crippen LogP contribution is -2.64. The number of aliphatic hydroxyl groups excluding tert-OH is 4. The van der Waals surface area contributed by atoms with Crippen LogP contribution in [0.5, 0.6) is 0 Å². The summed E-state index contributed by atoms with van der Waals surface area (Å²) in [6.45, 7) is 3.34. The Morgan fingerprint density at radius 1 is 0.967 bits per heavy atom. The molecule has 4 rings (SSSR count). The second-order valence-corrected chi connectivity index (χ2v) is 8.21. The van der Waals surface area contributed by atoms with E-state index in [-0.39, 0.29) is 0 Å². The Bertz CT molecular complexity index is 1010. The normalized spacial score (nSPS) is 29.4. The van der Waals surface area contributed by atoms with Gasteiger partial charge in [0.15, 0.2) is 5.72 Å². The maximum atomic E-state index is 10.8. The smallest absolute Gasteiger partial charge is 0.171 e. The number of aromatic nitrogens is 1. The van der Waals surface area contributed by atoms with E-state index in [0.717, 1.165) is 22.9 Å². The number of para-hydroxylation sites is 1. The van der Waals surface area contributed by atoms with E-state index in [0.29, 0.717) is 6.42 Å². The van der Waals surface area contributed by atoms with Crippen molar-refractivity contribution < 1.29 is 25.2 Å². The number of aliphatic hydroxyl groups is 4. The van der Waals surface area contributed by atoms with Gasteiger partial charge in [-0.2, -0.15) is 0 Å². The Labute approximate surface area is 176 Å². The lowest BCUT2D eigenvalue weighted by Gasteiger charge is -2.47. The predicted molar refractivity (Wildman–Crippen MR) is 114 cm³/mol. The van der Waals surface area contributed by atoms with Gasteiger partial charge in [0.25, 0.3) is 0 Å². The van der Waals surface area contributed by atoms with Gasteiger partial charge in [-0.05, 0) is 42.5 Å². The largest absolute Gasteiger partial charge is 0.394 e. The molecule has 2 unspecified atom stereocenters. The number of fused-ring (bicyclic) bond motifs is 1. The molecule has 30 heavy (non-hydrogen) atoms. The van der Waals surface area contributed by atoms with Crippen LogP contribution in [-0.2, 0) is 23.3 Å². The van der Waals surface area contributed by atoms with Gasteiger partial charge in [0, 0.05) is 11.6 Å². The summed E-state index contributed by atoms with van der Waals surface area (Å²) in [5.41, 5.74) is 3.02. The standard InChI is InChI=1S/C24H29NO5/c1-3-15-8-10-16(11-9-15)12-17-13-25(19-7-5-4-6-18(17)19)24(2)23(29)22(28)21(27)20(14-26)30-24/h4-11,13,20-23,26-29H,3,12,14H2,1-2H3/t20?,21-,22?,23-,24+/m1/s1. The first-order valence-electron chi connectivity index (χ1n) is 10.4. The summed E-state index contributed by atoms with van der Waals surface area (Å²) in [6, 6.07) is 16.3. The van der Waals surface area contributed by atoms with Gasteiger partial charge in [-0.15, -0.1) is 0 Å². The fourth-order valence-corrected chi connectivity index (χ4v) is 4.39. The molecule has 0 amide bonds. The lowest BCUT2D eigenvalue weighted by molar-refractivity contribution is -0.298. The van der Waals surface area contributed by atoms with Gasteiger partial charge in [0.1, 0.15) is 24.4 Å². The Morgan fingerprint density at radius 2 is 1.63 bits per heavy atom. The minimum absolute atomic E-state index is 0.462. The fraction of sp³-hybridized carbons (Fsp3) is 0.417. The summed E-state index contributed by atoms with van der Waals surface area (Å²) < 4.78 is 7.77. The van der Waals surface area contributed by atoms with Crippen molar-refractivity contribution >= 4 is 10.9 Å². The first kappa shape index (κ1) is 21.0. The van der Waals surface area contributed by atoms with Crippen LogP contribution in [0.15, 0.2) is 54.7 Å². The van der Waals surface area contributed by atoms with Crippen molar-refractivity contribution in [2.45, 2.75) is 56.8 Å². The molecular formula is C24H29NO5. The van der Waals surface area contributed by atoms with Crippen LogP contribution >= 0.6 is 0 Å². The van der Waals surface area contributed by atoms with E-state index in [1.165, 1.54) is 11.1 Å². The lowest BCUT2D eigenvalue weighted by atomic mass is 9.91. The van der Waals surface area contributed by atoms with Crippen LogP contribution in [-0.4, -0.2) is 56.0 Å². The average molecular weight is 411 g/mol. The van der Waals surface area contributed by atoms with E-state index in [4.69, 9.17) is 4.74 Å². The fourth-order valence-electron chi connectivity index (χ4n) is 4.39. The quantitative estimate of drug-likeness (QED) is 0.515. The molecule has 1 aromatic heterocycles. The van der Waals surface area contributed by atoms with Crippen LogP contribution in [0.1, 0.15) is 30.5 Å². The number of ether oxygens (including phenoxy) is 1. The third-order valence-corrected chi connectivity index (χ3v) is 6.27. The summed E-state index contributed by atoms with van der Waals surface area (Å²) >= 11 is 0. The van der Waals surface area contributed by atoms with Crippen molar-refractivity contribution in [2.24, 2.45) is 0 Å². The third-order valence-electron chi connectivity index (χ3n) is 6.27. The highest BCUT2D eigenvalue weighted by molar-refractivity contribution is 5.84. The van der Waals surface area contributed by atoms with Gasteiger partial charge >= 0.3 is 0 Å². The Hall–Kier alpha value is -2.22. The van der Waals surface area contributed by atoms with E-state index < -0.39 is 36.7 Å². The third kappa shape index (κ3) is 3.45. The highest BCUT2D eigenvalue weighted by Crippen LogP contribution is 2.38. The van der Waals surface area contributed by atoms with E-state index >= 15 is 0 Å². The van der Waals surface area contributed by atoms with Crippen molar-refractivity contribution in [1.82, 2.24) is 4.57 Å². The molecule has 0 radical (unpaired) electrons. The minimum atomic E-state index is -1.44. The number of hydrogen-bond donors (Lipinski definition) is 4. The maximum Gasteiger partial charge on any atom is 0.171 e. The highest BCUT2D eigenvalue weighted by atomic mass is 16.6. The van der Waals surface area contributed by atoms with Crippen LogP contribution in [0.3, 0.4) is 0 Å². The van der Waals surface area contributed by atoms with Crippen molar-refractivity contribution in [3.63, 3.8) is 0 Å².